The zero-order valence-corrected chi connectivity index (χ0v) is 12.6. The van der Waals surface area contributed by atoms with Crippen LogP contribution in [-0.2, 0) is 19.4 Å². The molecule has 0 radical (unpaired) electrons. The van der Waals surface area contributed by atoms with Gasteiger partial charge < -0.3 is 10.4 Å². The van der Waals surface area contributed by atoms with E-state index in [9.17, 15) is 18.0 Å². The lowest BCUT2D eigenvalue weighted by atomic mass is 10.1. The summed E-state index contributed by atoms with van der Waals surface area (Å²) < 4.78 is 23.4. The maximum atomic E-state index is 11.7. The topological polar surface area (TPSA) is 101 Å². The standard InChI is InChI=1S/C13H23NO5S/c1-2-3-4-7-20(18,19)9-12(15)14-11-6-5-10(8-11)13(16)17/h10-11H,2-9H2,1H3,(H,14,15)(H,16,17)/t10-,11+/m0/s1. The zero-order chi connectivity index (χ0) is 15.2. The van der Waals surface area contributed by atoms with Gasteiger partial charge in [0.05, 0.1) is 11.7 Å². The van der Waals surface area contributed by atoms with Gasteiger partial charge in [-0.3, -0.25) is 9.59 Å². The molecule has 6 nitrogen and oxygen atoms in total. The van der Waals surface area contributed by atoms with Gasteiger partial charge in [-0.1, -0.05) is 19.8 Å². The van der Waals surface area contributed by atoms with Crippen LogP contribution in [0.4, 0.5) is 0 Å². The third kappa shape index (κ3) is 5.90. The van der Waals surface area contributed by atoms with E-state index < -0.39 is 33.4 Å². The van der Waals surface area contributed by atoms with Crippen molar-refractivity contribution in [2.24, 2.45) is 5.92 Å². The molecule has 1 aliphatic rings. The molecule has 0 heterocycles. The van der Waals surface area contributed by atoms with E-state index in [1.54, 1.807) is 0 Å². The Balaban J connectivity index is 2.35. The summed E-state index contributed by atoms with van der Waals surface area (Å²) in [5.74, 6) is -2.25. The number of amides is 1. The summed E-state index contributed by atoms with van der Waals surface area (Å²) in [7, 11) is -3.35. The van der Waals surface area contributed by atoms with Gasteiger partial charge in [-0.15, -0.1) is 0 Å². The Kier molecular flexibility index (Phi) is 6.45. The van der Waals surface area contributed by atoms with Crippen molar-refractivity contribution in [2.75, 3.05) is 11.5 Å². The molecule has 0 aromatic rings. The second-order valence-electron chi connectivity index (χ2n) is 5.41. The molecular weight excluding hydrogens is 282 g/mol. The lowest BCUT2D eigenvalue weighted by Gasteiger charge is -2.12. The minimum absolute atomic E-state index is 0.0384. The molecule has 0 aromatic heterocycles. The Morgan fingerprint density at radius 3 is 2.50 bits per heavy atom. The van der Waals surface area contributed by atoms with Crippen molar-refractivity contribution in [1.29, 1.82) is 0 Å². The van der Waals surface area contributed by atoms with Gasteiger partial charge in [0.1, 0.15) is 5.75 Å². The number of nitrogens with one attached hydrogen (secondary N) is 1. The molecule has 116 valence electrons. The fraction of sp³-hybridized carbons (Fsp3) is 0.846. The van der Waals surface area contributed by atoms with E-state index in [-0.39, 0.29) is 11.8 Å². The second kappa shape index (κ2) is 7.61. The van der Waals surface area contributed by atoms with Crippen LogP contribution in [-0.4, -0.2) is 42.9 Å². The van der Waals surface area contributed by atoms with Gasteiger partial charge in [0, 0.05) is 6.04 Å². The van der Waals surface area contributed by atoms with Crippen molar-refractivity contribution in [1.82, 2.24) is 5.32 Å². The number of rotatable bonds is 8. The first kappa shape index (κ1) is 16.9. The highest BCUT2D eigenvalue weighted by Crippen LogP contribution is 2.25. The van der Waals surface area contributed by atoms with E-state index in [4.69, 9.17) is 5.11 Å². The smallest absolute Gasteiger partial charge is 0.306 e. The van der Waals surface area contributed by atoms with Crippen molar-refractivity contribution in [3.05, 3.63) is 0 Å². The van der Waals surface area contributed by atoms with Crippen molar-refractivity contribution < 1.29 is 23.1 Å². The van der Waals surface area contributed by atoms with E-state index in [2.05, 4.69) is 5.32 Å². The molecule has 1 amide bonds. The third-order valence-electron chi connectivity index (χ3n) is 3.56. The Hall–Kier alpha value is -1.11. The first-order chi connectivity index (χ1) is 9.34. The van der Waals surface area contributed by atoms with Crippen LogP contribution in [0.3, 0.4) is 0 Å². The third-order valence-corrected chi connectivity index (χ3v) is 5.17. The van der Waals surface area contributed by atoms with E-state index >= 15 is 0 Å². The predicted octanol–water partition coefficient (Wildman–Crippen LogP) is 0.961. The lowest BCUT2D eigenvalue weighted by molar-refractivity contribution is -0.141. The van der Waals surface area contributed by atoms with Gasteiger partial charge in [-0.05, 0) is 25.7 Å². The first-order valence-corrected chi connectivity index (χ1v) is 8.88. The summed E-state index contributed by atoms with van der Waals surface area (Å²) in [6.07, 6.45) is 3.86. The molecule has 20 heavy (non-hydrogen) atoms. The molecule has 7 heteroatoms. The van der Waals surface area contributed by atoms with Gasteiger partial charge in [0.15, 0.2) is 9.84 Å². The van der Waals surface area contributed by atoms with Gasteiger partial charge >= 0.3 is 5.97 Å². The number of carboxylic acids is 1. The summed E-state index contributed by atoms with van der Waals surface area (Å²) in [4.78, 5) is 22.5. The molecule has 0 aromatic carbocycles. The summed E-state index contributed by atoms with van der Waals surface area (Å²) in [5.41, 5.74) is 0. The normalized spacial score (nSPS) is 22.6. The van der Waals surface area contributed by atoms with Gasteiger partial charge in [0.25, 0.3) is 0 Å². The fourth-order valence-electron chi connectivity index (χ4n) is 2.45. The monoisotopic (exact) mass is 305 g/mol. The van der Waals surface area contributed by atoms with Crippen LogP contribution in [0, 0.1) is 5.92 Å². The molecular formula is C13H23NO5S. The number of carbonyl (C=O) groups is 2. The number of carbonyl (C=O) groups excluding carboxylic acids is 1. The summed E-state index contributed by atoms with van der Waals surface area (Å²) >= 11 is 0. The highest BCUT2D eigenvalue weighted by Gasteiger charge is 2.31. The van der Waals surface area contributed by atoms with Gasteiger partial charge in [-0.25, -0.2) is 8.42 Å². The molecule has 1 rings (SSSR count). The number of aliphatic carboxylic acids is 1. The molecule has 0 aliphatic heterocycles. The summed E-state index contributed by atoms with van der Waals surface area (Å²) in [6.45, 7) is 1.98. The minimum Gasteiger partial charge on any atom is -0.481 e. The van der Waals surface area contributed by atoms with Crippen LogP contribution in [0.25, 0.3) is 0 Å². The predicted molar refractivity (Wildman–Crippen MR) is 75.1 cm³/mol. The molecule has 1 saturated carbocycles. The zero-order valence-electron chi connectivity index (χ0n) is 11.8. The SMILES string of the molecule is CCCCCS(=O)(=O)CC(=O)N[C@@H]1CC[C@H](C(=O)O)C1. The maximum Gasteiger partial charge on any atom is 0.306 e. The largest absolute Gasteiger partial charge is 0.481 e. The van der Waals surface area contributed by atoms with Gasteiger partial charge in [-0.2, -0.15) is 0 Å². The molecule has 2 N–H and O–H groups in total. The van der Waals surface area contributed by atoms with Crippen molar-refractivity contribution in [3.63, 3.8) is 0 Å². The quantitative estimate of drug-likeness (QED) is 0.651. The van der Waals surface area contributed by atoms with E-state index in [1.165, 1.54) is 0 Å². The van der Waals surface area contributed by atoms with E-state index in [0.29, 0.717) is 25.7 Å². The maximum absolute atomic E-state index is 11.7. The molecule has 2 atom stereocenters. The lowest BCUT2D eigenvalue weighted by Crippen LogP contribution is -2.37. The Labute approximate surface area is 119 Å². The molecule has 0 spiro atoms. The second-order valence-corrected chi connectivity index (χ2v) is 7.60. The number of hydrogen-bond donors (Lipinski definition) is 2. The number of carboxylic acid groups (broad SMARTS) is 1. The highest BCUT2D eigenvalue weighted by atomic mass is 32.2. The average Bonchev–Trinajstić information content (AvgIpc) is 2.76. The Bertz CT molecular complexity index is 446. The molecule has 0 bridgehead atoms. The molecule has 1 aliphatic carbocycles. The fourth-order valence-corrected chi connectivity index (χ4v) is 3.72. The van der Waals surface area contributed by atoms with Crippen LogP contribution in [0.1, 0.15) is 45.4 Å². The number of hydrogen-bond acceptors (Lipinski definition) is 4. The van der Waals surface area contributed by atoms with Crippen LogP contribution in [0.5, 0.6) is 0 Å². The Morgan fingerprint density at radius 1 is 1.25 bits per heavy atom. The van der Waals surface area contributed by atoms with Crippen LogP contribution >= 0.6 is 0 Å². The first-order valence-electron chi connectivity index (χ1n) is 7.06. The van der Waals surface area contributed by atoms with Crippen molar-refractivity contribution in [2.45, 2.75) is 51.5 Å². The Morgan fingerprint density at radius 2 is 1.95 bits per heavy atom. The number of sulfone groups is 1. The van der Waals surface area contributed by atoms with Gasteiger partial charge in [0.2, 0.25) is 5.91 Å². The highest BCUT2D eigenvalue weighted by molar-refractivity contribution is 7.92. The number of unbranched alkanes of at least 4 members (excludes halogenated alkanes) is 2. The minimum atomic E-state index is -3.35. The van der Waals surface area contributed by atoms with Crippen LogP contribution in [0.15, 0.2) is 0 Å². The van der Waals surface area contributed by atoms with Crippen molar-refractivity contribution >= 4 is 21.7 Å². The van der Waals surface area contributed by atoms with E-state index in [0.717, 1.165) is 12.8 Å². The average molecular weight is 305 g/mol. The van der Waals surface area contributed by atoms with Crippen LogP contribution in [0.2, 0.25) is 0 Å². The van der Waals surface area contributed by atoms with Crippen LogP contribution < -0.4 is 5.32 Å². The molecule has 0 saturated heterocycles. The van der Waals surface area contributed by atoms with E-state index in [1.807, 2.05) is 6.92 Å². The summed E-state index contributed by atoms with van der Waals surface area (Å²) in [5, 5.41) is 11.5. The molecule has 1 fully saturated rings. The molecule has 0 unspecified atom stereocenters. The summed E-state index contributed by atoms with van der Waals surface area (Å²) in [6, 6.07) is -0.213. The van der Waals surface area contributed by atoms with Crippen molar-refractivity contribution in [3.8, 4) is 0 Å².